The molecule has 10 nitrogen and oxygen atoms in total. The Morgan fingerprint density at radius 3 is 2.35 bits per heavy atom. The van der Waals surface area contributed by atoms with Crippen molar-refractivity contribution in [2.24, 2.45) is 0 Å². The number of hydrogen-bond donors (Lipinski definition) is 5. The largest absolute Gasteiger partial charge is 0.390 e. The standard InChI is InChI=1S/C36H53N3O7/c1-24-12-17-28(36-31(42)29(40)22-35(46-36,23-45-36)34(4,5)44)21-27(24)20-26-15-13-25(14-16-26)10-8-11-30(41)38-33(2,3)32(43)37-18-9-19-39(6)7/h12-17,21,29,31,40,42,44H,8-11,18-20,22-23H2,1-7H3,(H,37,43)(H,38,41)/t29-,31+,35+,36-/m0/s1. The van der Waals surface area contributed by atoms with Crippen molar-refractivity contribution < 1.29 is 34.4 Å². The molecule has 4 rings (SSSR count). The molecule has 0 spiro atoms. The summed E-state index contributed by atoms with van der Waals surface area (Å²) >= 11 is 0. The first-order valence-corrected chi connectivity index (χ1v) is 16.3. The van der Waals surface area contributed by atoms with E-state index in [2.05, 4.69) is 39.8 Å². The first-order valence-electron chi connectivity index (χ1n) is 16.3. The van der Waals surface area contributed by atoms with E-state index in [0.717, 1.165) is 41.6 Å². The molecule has 0 aromatic heterocycles. The second kappa shape index (κ2) is 14.1. The molecule has 0 saturated carbocycles. The number of benzene rings is 2. The molecule has 4 atom stereocenters. The van der Waals surface area contributed by atoms with E-state index < -0.39 is 34.7 Å². The molecule has 46 heavy (non-hydrogen) atoms. The first-order chi connectivity index (χ1) is 21.5. The smallest absolute Gasteiger partial charge is 0.245 e. The van der Waals surface area contributed by atoms with Crippen LogP contribution in [-0.4, -0.2) is 94.8 Å². The number of nitrogens with one attached hydrogen (secondary N) is 2. The fourth-order valence-electron chi connectivity index (χ4n) is 6.25. The highest BCUT2D eigenvalue weighted by Gasteiger charge is 2.66. The molecule has 0 unspecified atom stereocenters. The molecule has 5 N–H and O–H groups in total. The van der Waals surface area contributed by atoms with Crippen LogP contribution in [0, 0.1) is 6.92 Å². The predicted molar refractivity (Wildman–Crippen MR) is 176 cm³/mol. The van der Waals surface area contributed by atoms with Gasteiger partial charge in [-0.25, -0.2) is 0 Å². The van der Waals surface area contributed by atoms with Crippen LogP contribution in [0.15, 0.2) is 42.5 Å². The van der Waals surface area contributed by atoms with Crippen molar-refractivity contribution in [1.82, 2.24) is 15.5 Å². The average Bonchev–Trinajstić information content (AvgIpc) is 3.33. The van der Waals surface area contributed by atoms with Crippen LogP contribution in [0.4, 0.5) is 0 Å². The lowest BCUT2D eigenvalue weighted by Crippen LogP contribution is -2.62. The summed E-state index contributed by atoms with van der Waals surface area (Å²) in [6.45, 7) is 10.2. The second-order valence-corrected chi connectivity index (χ2v) is 14.4. The Bertz CT molecular complexity index is 1370. The maximum Gasteiger partial charge on any atom is 0.245 e. The highest BCUT2D eigenvalue weighted by molar-refractivity contribution is 5.90. The molecule has 2 fully saturated rings. The van der Waals surface area contributed by atoms with Gasteiger partial charge in [-0.2, -0.15) is 0 Å². The van der Waals surface area contributed by atoms with E-state index in [0.29, 0.717) is 31.4 Å². The lowest BCUT2D eigenvalue weighted by molar-refractivity contribution is -0.319. The predicted octanol–water partition coefficient (Wildman–Crippen LogP) is 2.71. The van der Waals surface area contributed by atoms with Gasteiger partial charge in [0.1, 0.15) is 17.2 Å². The molecule has 2 aromatic carbocycles. The van der Waals surface area contributed by atoms with Crippen LogP contribution < -0.4 is 10.6 Å². The summed E-state index contributed by atoms with van der Waals surface area (Å²) in [4.78, 5) is 27.2. The van der Waals surface area contributed by atoms with E-state index in [9.17, 15) is 24.9 Å². The van der Waals surface area contributed by atoms with Gasteiger partial charge in [-0.3, -0.25) is 9.59 Å². The average molecular weight is 640 g/mol. The van der Waals surface area contributed by atoms with Crippen molar-refractivity contribution in [3.05, 3.63) is 70.3 Å². The second-order valence-electron chi connectivity index (χ2n) is 14.4. The van der Waals surface area contributed by atoms with Gasteiger partial charge >= 0.3 is 0 Å². The number of rotatable bonds is 14. The number of carbonyl (C=O) groups excluding carboxylic acids is 2. The number of hydrogen-bond acceptors (Lipinski definition) is 8. The quantitative estimate of drug-likeness (QED) is 0.199. The van der Waals surface area contributed by atoms with Gasteiger partial charge in [0.2, 0.25) is 17.6 Å². The molecule has 2 aromatic rings. The zero-order valence-corrected chi connectivity index (χ0v) is 28.5. The van der Waals surface area contributed by atoms with Crippen molar-refractivity contribution in [3.8, 4) is 0 Å². The fraction of sp³-hybridized carbons (Fsp3) is 0.611. The molecule has 2 aliphatic rings. The summed E-state index contributed by atoms with van der Waals surface area (Å²) < 4.78 is 12.5. The Labute approximate surface area is 273 Å². The van der Waals surface area contributed by atoms with Crippen molar-refractivity contribution in [1.29, 1.82) is 0 Å². The third kappa shape index (κ3) is 7.98. The third-order valence-electron chi connectivity index (χ3n) is 9.40. The highest BCUT2D eigenvalue weighted by Crippen LogP contribution is 2.53. The molecule has 0 aliphatic carbocycles. The van der Waals surface area contributed by atoms with Crippen LogP contribution in [0.1, 0.15) is 81.2 Å². The Morgan fingerprint density at radius 1 is 1.02 bits per heavy atom. The van der Waals surface area contributed by atoms with Crippen LogP contribution >= 0.6 is 0 Å². The minimum atomic E-state index is -1.57. The lowest BCUT2D eigenvalue weighted by Gasteiger charge is -2.48. The van der Waals surface area contributed by atoms with Gasteiger partial charge in [0, 0.05) is 24.9 Å². The van der Waals surface area contributed by atoms with Crippen molar-refractivity contribution in [3.63, 3.8) is 0 Å². The summed E-state index contributed by atoms with van der Waals surface area (Å²) in [7, 11) is 3.98. The lowest BCUT2D eigenvalue weighted by atomic mass is 9.77. The molecule has 10 heteroatoms. The van der Waals surface area contributed by atoms with Crippen LogP contribution in [0.25, 0.3) is 0 Å². The van der Waals surface area contributed by atoms with Crippen molar-refractivity contribution >= 4 is 11.8 Å². The maximum absolute atomic E-state index is 12.6. The zero-order chi connectivity index (χ0) is 33.9. The Morgan fingerprint density at radius 2 is 1.70 bits per heavy atom. The number of fused-ring (bicyclic) bond motifs is 2. The van der Waals surface area contributed by atoms with Crippen LogP contribution in [0.3, 0.4) is 0 Å². The minimum absolute atomic E-state index is 0.0569. The Balaban J connectivity index is 1.32. The van der Waals surface area contributed by atoms with Gasteiger partial charge in [-0.1, -0.05) is 36.4 Å². The van der Waals surface area contributed by atoms with E-state index in [4.69, 9.17) is 9.47 Å². The van der Waals surface area contributed by atoms with E-state index in [-0.39, 0.29) is 24.8 Å². The minimum Gasteiger partial charge on any atom is -0.390 e. The SMILES string of the molecule is Cc1ccc([C@@]23OC[C@@](C(C)(C)O)(C[C@H](O)[C@H]2O)O3)cc1Cc1ccc(CCCC(=O)NC(C)(C)C(=O)NCCCN(C)C)cc1. The molecular weight excluding hydrogens is 586 g/mol. The van der Waals surface area contributed by atoms with Gasteiger partial charge in [0.05, 0.1) is 18.3 Å². The third-order valence-corrected chi connectivity index (χ3v) is 9.40. The summed E-state index contributed by atoms with van der Waals surface area (Å²) in [5.74, 6) is -1.90. The number of aliphatic hydroxyl groups excluding tert-OH is 2. The number of amides is 2. The number of ether oxygens (including phenoxy) is 2. The van der Waals surface area contributed by atoms with Gasteiger partial charge < -0.3 is 40.3 Å². The summed E-state index contributed by atoms with van der Waals surface area (Å²) in [5, 5.41) is 38.4. The Hall–Kier alpha value is -2.86. The van der Waals surface area contributed by atoms with Gasteiger partial charge in [0.25, 0.3) is 0 Å². The molecular formula is C36H53N3O7. The normalized spacial score (nSPS) is 24.7. The summed E-state index contributed by atoms with van der Waals surface area (Å²) in [6.07, 6.45) is 0.866. The molecule has 2 amide bonds. The van der Waals surface area contributed by atoms with E-state index in [1.165, 1.54) is 0 Å². The van der Waals surface area contributed by atoms with Gasteiger partial charge in [0.15, 0.2) is 0 Å². The van der Waals surface area contributed by atoms with Crippen LogP contribution in [0.2, 0.25) is 0 Å². The summed E-state index contributed by atoms with van der Waals surface area (Å²) in [6, 6.07) is 14.0. The van der Waals surface area contributed by atoms with E-state index >= 15 is 0 Å². The molecule has 2 saturated heterocycles. The zero-order valence-electron chi connectivity index (χ0n) is 28.5. The van der Waals surface area contributed by atoms with E-state index in [1.807, 2.05) is 39.2 Å². The first kappa shape index (κ1) is 36.0. The molecule has 0 radical (unpaired) electrons. The molecule has 2 bridgehead atoms. The van der Waals surface area contributed by atoms with Crippen molar-refractivity contribution in [2.45, 2.75) is 108 Å². The highest BCUT2D eigenvalue weighted by atomic mass is 16.8. The fourth-order valence-corrected chi connectivity index (χ4v) is 6.25. The molecule has 254 valence electrons. The topological polar surface area (TPSA) is 141 Å². The number of aliphatic hydroxyl groups is 3. The van der Waals surface area contributed by atoms with Crippen molar-refractivity contribution in [2.75, 3.05) is 33.8 Å². The number of carbonyl (C=O) groups is 2. The number of aryl methyl sites for hydroxylation is 2. The molecule has 2 heterocycles. The molecule has 2 aliphatic heterocycles. The monoisotopic (exact) mass is 639 g/mol. The van der Waals surface area contributed by atoms with Crippen LogP contribution in [-0.2, 0) is 37.7 Å². The summed E-state index contributed by atoms with van der Waals surface area (Å²) in [5.41, 5.74) is 1.52. The van der Waals surface area contributed by atoms with Crippen LogP contribution in [0.5, 0.6) is 0 Å². The Kier molecular flexibility index (Phi) is 11.0. The maximum atomic E-state index is 12.6. The van der Waals surface area contributed by atoms with Gasteiger partial charge in [-0.05, 0) is 109 Å². The van der Waals surface area contributed by atoms with E-state index in [1.54, 1.807) is 27.7 Å². The number of nitrogens with zero attached hydrogens (tertiary/aromatic N) is 1. The van der Waals surface area contributed by atoms with Gasteiger partial charge in [-0.15, -0.1) is 0 Å².